The van der Waals surface area contributed by atoms with Gasteiger partial charge in [0, 0.05) is 12.7 Å². The highest BCUT2D eigenvalue weighted by atomic mass is 16.1. The van der Waals surface area contributed by atoms with Crippen molar-refractivity contribution in [2.45, 2.75) is 20.8 Å². The van der Waals surface area contributed by atoms with Gasteiger partial charge < -0.3 is 11.1 Å². The molecule has 0 aliphatic heterocycles. The molecule has 82 valence electrons. The molecule has 0 atom stereocenters. The summed E-state index contributed by atoms with van der Waals surface area (Å²) in [6.07, 6.45) is 1.78. The summed E-state index contributed by atoms with van der Waals surface area (Å²) in [5, 5.41) is 3.08. The van der Waals surface area contributed by atoms with Crippen LogP contribution < -0.4 is 11.1 Å². The molecule has 0 radical (unpaired) electrons. The fourth-order valence-electron chi connectivity index (χ4n) is 0.971. The number of hydrogen-bond donors (Lipinski definition) is 2. The van der Waals surface area contributed by atoms with E-state index in [1.165, 1.54) is 0 Å². The molecule has 0 aliphatic carbocycles. The molecule has 0 unspecified atom stereocenters. The van der Waals surface area contributed by atoms with Crippen LogP contribution in [-0.2, 0) is 4.79 Å². The Morgan fingerprint density at radius 2 is 2.20 bits per heavy atom. The van der Waals surface area contributed by atoms with Gasteiger partial charge in [-0.3, -0.25) is 4.79 Å². The first-order valence-corrected chi connectivity index (χ1v) is 4.88. The third kappa shape index (κ3) is 3.23. The van der Waals surface area contributed by atoms with E-state index in [9.17, 15) is 4.79 Å². The van der Waals surface area contributed by atoms with Crippen molar-refractivity contribution >= 4 is 11.7 Å². The average molecular weight is 207 g/mol. The molecule has 1 aromatic rings. The number of pyridine rings is 1. The third-order valence-corrected chi connectivity index (χ3v) is 2.29. The molecular weight excluding hydrogens is 190 g/mol. The first-order chi connectivity index (χ1) is 6.92. The lowest BCUT2D eigenvalue weighted by Crippen LogP contribution is -2.37. The maximum Gasteiger partial charge on any atom is 0.224 e. The van der Waals surface area contributed by atoms with E-state index in [-0.39, 0.29) is 5.91 Å². The number of nitrogens with zero attached hydrogens (tertiary/aromatic N) is 1. The van der Waals surface area contributed by atoms with Gasteiger partial charge in [-0.1, -0.05) is 6.07 Å². The largest absolute Gasteiger partial charge is 0.369 e. The molecule has 1 aromatic heterocycles. The summed E-state index contributed by atoms with van der Waals surface area (Å²) in [6.45, 7) is 6.07. The smallest absolute Gasteiger partial charge is 0.224 e. The molecule has 0 spiro atoms. The lowest BCUT2D eigenvalue weighted by molar-refractivity contribution is -0.125. The second-order valence-electron chi connectivity index (χ2n) is 4.32. The maximum atomic E-state index is 11.1. The second kappa shape index (κ2) is 4.29. The molecule has 0 aliphatic rings. The number of anilines is 1. The summed E-state index contributed by atoms with van der Waals surface area (Å²) >= 11 is 0. The van der Waals surface area contributed by atoms with Crippen molar-refractivity contribution in [1.82, 2.24) is 4.98 Å². The number of carbonyl (C=O) groups excluding carboxylic acids is 1. The molecule has 0 saturated carbocycles. The normalized spacial score (nSPS) is 11.1. The molecule has 3 N–H and O–H groups in total. The molecule has 4 nitrogen and oxygen atoms in total. The highest BCUT2D eigenvalue weighted by Crippen LogP contribution is 2.15. The number of aromatic nitrogens is 1. The zero-order valence-electron chi connectivity index (χ0n) is 9.37. The van der Waals surface area contributed by atoms with Crippen LogP contribution in [0.5, 0.6) is 0 Å². The van der Waals surface area contributed by atoms with Crippen LogP contribution in [0.25, 0.3) is 0 Å². The van der Waals surface area contributed by atoms with Crippen molar-refractivity contribution in [1.29, 1.82) is 0 Å². The van der Waals surface area contributed by atoms with E-state index in [4.69, 9.17) is 5.73 Å². The maximum absolute atomic E-state index is 11.1. The lowest BCUT2D eigenvalue weighted by Gasteiger charge is -2.20. The molecule has 0 aromatic carbocycles. The van der Waals surface area contributed by atoms with E-state index in [2.05, 4.69) is 10.3 Å². The van der Waals surface area contributed by atoms with Gasteiger partial charge in [-0.15, -0.1) is 0 Å². The summed E-state index contributed by atoms with van der Waals surface area (Å²) in [5.74, 6) is 0.442. The molecule has 15 heavy (non-hydrogen) atoms. The molecule has 0 bridgehead atoms. The minimum absolute atomic E-state index is 0.317. The van der Waals surface area contributed by atoms with E-state index < -0.39 is 5.41 Å². The van der Waals surface area contributed by atoms with Gasteiger partial charge in [-0.25, -0.2) is 4.98 Å². The SMILES string of the molecule is Cc1ccc(NCC(C)(C)C(N)=O)nc1. The minimum Gasteiger partial charge on any atom is -0.369 e. The van der Waals surface area contributed by atoms with Crippen LogP contribution in [-0.4, -0.2) is 17.4 Å². The summed E-state index contributed by atoms with van der Waals surface area (Å²) in [6, 6.07) is 3.85. The number of nitrogens with one attached hydrogen (secondary N) is 1. The van der Waals surface area contributed by atoms with E-state index in [1.807, 2.05) is 19.1 Å². The Morgan fingerprint density at radius 3 is 2.67 bits per heavy atom. The third-order valence-electron chi connectivity index (χ3n) is 2.29. The van der Waals surface area contributed by atoms with Crippen LogP contribution in [0, 0.1) is 12.3 Å². The van der Waals surface area contributed by atoms with Crippen molar-refractivity contribution in [3.05, 3.63) is 23.9 Å². The molecule has 1 amide bonds. The van der Waals surface area contributed by atoms with Gasteiger partial charge in [0.25, 0.3) is 0 Å². The Bertz CT molecular complexity index is 343. The fraction of sp³-hybridized carbons (Fsp3) is 0.455. The highest BCUT2D eigenvalue weighted by molar-refractivity contribution is 5.80. The Balaban J connectivity index is 2.57. The minimum atomic E-state index is -0.563. The summed E-state index contributed by atoms with van der Waals surface area (Å²) in [4.78, 5) is 15.2. The number of rotatable bonds is 4. The van der Waals surface area contributed by atoms with Gasteiger partial charge in [0.2, 0.25) is 5.91 Å². The van der Waals surface area contributed by atoms with Crippen LogP contribution in [0.4, 0.5) is 5.82 Å². The van der Waals surface area contributed by atoms with E-state index in [1.54, 1.807) is 20.0 Å². The molecule has 1 heterocycles. The predicted octanol–water partition coefficient (Wildman–Crippen LogP) is 1.31. The summed E-state index contributed by atoms with van der Waals surface area (Å²) < 4.78 is 0. The monoisotopic (exact) mass is 207 g/mol. The summed E-state index contributed by atoms with van der Waals surface area (Å²) in [7, 11) is 0. The van der Waals surface area contributed by atoms with Crippen molar-refractivity contribution in [3.8, 4) is 0 Å². The van der Waals surface area contributed by atoms with E-state index in [0.29, 0.717) is 6.54 Å². The molecule has 0 fully saturated rings. The lowest BCUT2D eigenvalue weighted by atomic mass is 9.93. The first kappa shape index (κ1) is 11.5. The molecular formula is C11H17N3O. The van der Waals surface area contributed by atoms with Crippen molar-refractivity contribution in [2.24, 2.45) is 11.1 Å². The van der Waals surface area contributed by atoms with Crippen LogP contribution in [0.1, 0.15) is 19.4 Å². The Morgan fingerprint density at radius 1 is 1.53 bits per heavy atom. The van der Waals surface area contributed by atoms with Gasteiger partial charge in [0.05, 0.1) is 5.41 Å². The van der Waals surface area contributed by atoms with Gasteiger partial charge in [-0.05, 0) is 32.4 Å². The van der Waals surface area contributed by atoms with Crippen LogP contribution in [0.3, 0.4) is 0 Å². The zero-order valence-corrected chi connectivity index (χ0v) is 9.37. The fourth-order valence-corrected chi connectivity index (χ4v) is 0.971. The average Bonchev–Trinajstić information content (AvgIpc) is 2.17. The molecule has 0 saturated heterocycles. The predicted molar refractivity (Wildman–Crippen MR) is 60.4 cm³/mol. The van der Waals surface area contributed by atoms with Crippen molar-refractivity contribution in [3.63, 3.8) is 0 Å². The number of hydrogen-bond acceptors (Lipinski definition) is 3. The Labute approximate surface area is 89.9 Å². The number of nitrogens with two attached hydrogens (primary N) is 1. The van der Waals surface area contributed by atoms with Crippen LogP contribution in [0.2, 0.25) is 0 Å². The topological polar surface area (TPSA) is 68.0 Å². The summed E-state index contributed by atoms with van der Waals surface area (Å²) in [5.41, 5.74) is 5.80. The van der Waals surface area contributed by atoms with Crippen LogP contribution in [0.15, 0.2) is 18.3 Å². The van der Waals surface area contributed by atoms with Gasteiger partial charge in [0.15, 0.2) is 0 Å². The second-order valence-corrected chi connectivity index (χ2v) is 4.32. The van der Waals surface area contributed by atoms with Crippen molar-refractivity contribution < 1.29 is 4.79 Å². The first-order valence-electron chi connectivity index (χ1n) is 4.88. The van der Waals surface area contributed by atoms with Gasteiger partial charge >= 0.3 is 0 Å². The van der Waals surface area contributed by atoms with Crippen LogP contribution >= 0.6 is 0 Å². The molecule has 4 heteroatoms. The van der Waals surface area contributed by atoms with Gasteiger partial charge in [-0.2, -0.15) is 0 Å². The number of aryl methyl sites for hydroxylation is 1. The van der Waals surface area contributed by atoms with E-state index >= 15 is 0 Å². The van der Waals surface area contributed by atoms with Crippen molar-refractivity contribution in [2.75, 3.05) is 11.9 Å². The number of amides is 1. The Kier molecular flexibility index (Phi) is 3.29. The van der Waals surface area contributed by atoms with E-state index in [0.717, 1.165) is 11.4 Å². The number of carbonyl (C=O) groups is 1. The number of primary amides is 1. The highest BCUT2D eigenvalue weighted by Gasteiger charge is 2.24. The zero-order chi connectivity index (χ0) is 11.5. The van der Waals surface area contributed by atoms with Gasteiger partial charge in [0.1, 0.15) is 5.82 Å². The quantitative estimate of drug-likeness (QED) is 0.782. The Hall–Kier alpha value is -1.58. The molecule has 1 rings (SSSR count). The standard InChI is InChI=1S/C11H17N3O/c1-8-4-5-9(13-6-8)14-7-11(2,3)10(12)15/h4-6H,7H2,1-3H3,(H2,12,15)(H,13,14).